The Hall–Kier alpha value is -4.38. The van der Waals surface area contributed by atoms with Crippen molar-refractivity contribution < 1.29 is 61.1 Å². The van der Waals surface area contributed by atoms with Gasteiger partial charge < -0.3 is 43.6 Å². The number of carbonyl (C=O) groups is 3. The number of phosphoric ester groups is 1. The number of amides is 2. The average molecular weight is 685 g/mol. The summed E-state index contributed by atoms with van der Waals surface area (Å²) in [5, 5.41) is 6.57. The van der Waals surface area contributed by atoms with E-state index in [1.54, 1.807) is 11.8 Å². The van der Waals surface area contributed by atoms with Crippen LogP contribution in [0, 0.1) is 11.6 Å². The number of halogens is 2. The standard InChI is InChI=1S/C28H31F2N4O12P/c1-15-10-28(46-32-15)6-5-16(2)33-13-21(28)34-12-19(25(36)31-11-17-3-4-18(29)9-20(17)30)23(35)24(22(34)26(33)37)43-14-44-27(38)42-7-8-45-47(39,40)41/h3-4,9,12,16,21H,5-8,10-11,13-14H2,1-2H3,(H,31,36)(H2,39,40,41)/t16-,21+,28-/m0/s1. The molecule has 1 fully saturated rings. The Balaban J connectivity index is 1.47. The van der Waals surface area contributed by atoms with Crippen LogP contribution in [0.15, 0.2) is 34.3 Å². The van der Waals surface area contributed by atoms with Gasteiger partial charge in [0.15, 0.2) is 11.3 Å². The molecule has 1 saturated heterocycles. The molecule has 2 aromatic rings. The van der Waals surface area contributed by atoms with Gasteiger partial charge in [-0.3, -0.25) is 18.9 Å². The molecule has 2 amide bonds. The molecule has 3 aliphatic rings. The van der Waals surface area contributed by atoms with Crippen LogP contribution in [-0.4, -0.2) is 81.1 Å². The molecule has 254 valence electrons. The summed E-state index contributed by atoms with van der Waals surface area (Å²) in [5.74, 6) is -3.90. The molecule has 16 nitrogen and oxygen atoms in total. The van der Waals surface area contributed by atoms with Crippen molar-refractivity contribution in [2.24, 2.45) is 5.16 Å². The van der Waals surface area contributed by atoms with Crippen LogP contribution in [0.3, 0.4) is 0 Å². The summed E-state index contributed by atoms with van der Waals surface area (Å²) in [5.41, 5.74) is -2.06. The van der Waals surface area contributed by atoms with E-state index in [0.717, 1.165) is 12.1 Å². The number of nitrogens with zero attached hydrogens (tertiary/aromatic N) is 3. The Labute approximate surface area is 265 Å². The first kappa shape index (κ1) is 34.0. The fraction of sp³-hybridized carbons (Fsp3) is 0.464. The Morgan fingerprint density at radius 3 is 2.66 bits per heavy atom. The average Bonchev–Trinajstić information content (AvgIpc) is 3.33. The highest BCUT2D eigenvalue weighted by Crippen LogP contribution is 2.46. The van der Waals surface area contributed by atoms with Crippen LogP contribution in [0.2, 0.25) is 0 Å². The number of rotatable bonds is 10. The fourth-order valence-electron chi connectivity index (χ4n) is 5.80. The summed E-state index contributed by atoms with van der Waals surface area (Å²) < 4.78 is 58.9. The van der Waals surface area contributed by atoms with Gasteiger partial charge in [0, 0.05) is 43.4 Å². The van der Waals surface area contributed by atoms with E-state index in [2.05, 4.69) is 19.7 Å². The number of ether oxygens (including phenoxy) is 3. The van der Waals surface area contributed by atoms with E-state index in [-0.39, 0.29) is 23.8 Å². The van der Waals surface area contributed by atoms with Crippen molar-refractivity contribution in [2.45, 2.75) is 57.3 Å². The minimum Gasteiger partial charge on any atom is -0.451 e. The highest BCUT2D eigenvalue weighted by Gasteiger charge is 2.54. The van der Waals surface area contributed by atoms with Crippen molar-refractivity contribution in [1.29, 1.82) is 0 Å². The number of hydrogen-bond acceptors (Lipinski definition) is 11. The summed E-state index contributed by atoms with van der Waals surface area (Å²) in [6.45, 7) is 1.17. The predicted molar refractivity (Wildman–Crippen MR) is 154 cm³/mol. The monoisotopic (exact) mass is 684 g/mol. The zero-order valence-corrected chi connectivity index (χ0v) is 26.0. The van der Waals surface area contributed by atoms with Gasteiger partial charge >= 0.3 is 14.0 Å². The third-order valence-electron chi connectivity index (χ3n) is 8.07. The van der Waals surface area contributed by atoms with Gasteiger partial charge in [0.1, 0.15) is 23.8 Å². The number of phosphoric acid groups is 1. The van der Waals surface area contributed by atoms with Crippen LogP contribution >= 0.6 is 7.82 Å². The van der Waals surface area contributed by atoms with E-state index in [9.17, 15) is 32.5 Å². The molecular formula is C28H31F2N4O12P. The van der Waals surface area contributed by atoms with Crippen molar-refractivity contribution in [1.82, 2.24) is 14.8 Å². The Morgan fingerprint density at radius 2 is 1.98 bits per heavy atom. The minimum absolute atomic E-state index is 0.0538. The third kappa shape index (κ3) is 7.30. The zero-order valence-electron chi connectivity index (χ0n) is 25.1. The molecular weight excluding hydrogens is 653 g/mol. The molecule has 2 bridgehead atoms. The van der Waals surface area contributed by atoms with Gasteiger partial charge in [-0.2, -0.15) is 0 Å². The molecule has 0 unspecified atom stereocenters. The van der Waals surface area contributed by atoms with Crippen molar-refractivity contribution in [2.75, 3.05) is 26.6 Å². The maximum atomic E-state index is 14.2. The van der Waals surface area contributed by atoms with Crippen LogP contribution < -0.4 is 15.5 Å². The zero-order chi connectivity index (χ0) is 34.1. The van der Waals surface area contributed by atoms with Crippen LogP contribution in [0.5, 0.6) is 5.75 Å². The summed E-state index contributed by atoms with van der Waals surface area (Å²) in [6, 6.07) is 1.87. The lowest BCUT2D eigenvalue weighted by Crippen LogP contribution is -2.52. The van der Waals surface area contributed by atoms with Gasteiger partial charge in [0.25, 0.3) is 11.8 Å². The molecule has 3 aliphatic heterocycles. The number of pyridine rings is 1. The van der Waals surface area contributed by atoms with Crippen molar-refractivity contribution in [3.63, 3.8) is 0 Å². The molecule has 4 heterocycles. The topological polar surface area (TPSA) is 205 Å². The van der Waals surface area contributed by atoms with Gasteiger partial charge in [-0.1, -0.05) is 11.2 Å². The highest BCUT2D eigenvalue weighted by molar-refractivity contribution is 7.46. The summed E-state index contributed by atoms with van der Waals surface area (Å²) in [4.78, 5) is 78.0. The number of fused-ring (bicyclic) bond motifs is 5. The molecule has 47 heavy (non-hydrogen) atoms. The second kappa shape index (κ2) is 13.4. The molecule has 5 rings (SSSR count). The smallest absolute Gasteiger partial charge is 0.451 e. The van der Waals surface area contributed by atoms with Gasteiger partial charge in [0.05, 0.1) is 18.4 Å². The molecule has 0 aliphatic carbocycles. The molecule has 1 spiro atoms. The molecule has 19 heteroatoms. The third-order valence-corrected chi connectivity index (χ3v) is 8.58. The number of oxime groups is 1. The van der Waals surface area contributed by atoms with Crippen molar-refractivity contribution in [3.8, 4) is 5.75 Å². The lowest BCUT2D eigenvalue weighted by Gasteiger charge is -2.42. The van der Waals surface area contributed by atoms with E-state index in [0.29, 0.717) is 31.0 Å². The first-order valence-electron chi connectivity index (χ1n) is 14.4. The summed E-state index contributed by atoms with van der Waals surface area (Å²) in [7, 11) is -4.79. The summed E-state index contributed by atoms with van der Waals surface area (Å²) in [6.07, 6.45) is 1.27. The van der Waals surface area contributed by atoms with Crippen molar-refractivity contribution >= 4 is 31.5 Å². The van der Waals surface area contributed by atoms with Gasteiger partial charge in [-0.05, 0) is 32.8 Å². The normalized spacial score (nSPS) is 21.8. The van der Waals surface area contributed by atoms with E-state index >= 15 is 0 Å². The molecule has 3 atom stereocenters. The van der Waals surface area contributed by atoms with E-state index < -0.39 is 92.4 Å². The number of hydrogen-bond donors (Lipinski definition) is 3. The van der Waals surface area contributed by atoms with E-state index in [1.165, 1.54) is 10.8 Å². The van der Waals surface area contributed by atoms with E-state index in [4.69, 9.17) is 24.1 Å². The van der Waals surface area contributed by atoms with Crippen LogP contribution in [0.1, 0.15) is 65.6 Å². The molecule has 1 aromatic carbocycles. The van der Waals surface area contributed by atoms with Gasteiger partial charge in [-0.25, -0.2) is 18.1 Å². The number of nitrogens with one attached hydrogen (secondary N) is 1. The van der Waals surface area contributed by atoms with Crippen molar-refractivity contribution in [3.05, 3.63) is 63.1 Å². The molecule has 0 radical (unpaired) electrons. The minimum atomic E-state index is -4.79. The molecule has 0 saturated carbocycles. The van der Waals surface area contributed by atoms with E-state index in [1.807, 2.05) is 6.92 Å². The Kier molecular flexibility index (Phi) is 9.68. The highest BCUT2D eigenvalue weighted by atomic mass is 31.2. The Bertz CT molecular complexity index is 1730. The molecule has 3 N–H and O–H groups in total. The lowest BCUT2D eigenvalue weighted by molar-refractivity contribution is -0.0658. The maximum Gasteiger partial charge on any atom is 0.511 e. The number of aromatic nitrogens is 1. The summed E-state index contributed by atoms with van der Waals surface area (Å²) >= 11 is 0. The number of carbonyl (C=O) groups excluding carboxylic acids is 3. The largest absolute Gasteiger partial charge is 0.511 e. The van der Waals surface area contributed by atoms with Crippen LogP contribution in [0.25, 0.3) is 0 Å². The van der Waals surface area contributed by atoms with Gasteiger partial charge in [0.2, 0.25) is 18.0 Å². The Morgan fingerprint density at radius 1 is 1.21 bits per heavy atom. The number of benzene rings is 1. The maximum absolute atomic E-state index is 14.2. The first-order chi connectivity index (χ1) is 22.2. The quantitative estimate of drug-likeness (QED) is 0.143. The first-order valence-corrected chi connectivity index (χ1v) is 15.9. The fourth-order valence-corrected chi connectivity index (χ4v) is 6.11. The van der Waals surface area contributed by atoms with Gasteiger partial charge in [-0.15, -0.1) is 0 Å². The lowest BCUT2D eigenvalue weighted by atomic mass is 9.84. The van der Waals surface area contributed by atoms with Crippen LogP contribution in [-0.2, 0) is 29.9 Å². The molecule has 1 aromatic heterocycles. The second-order valence-electron chi connectivity index (χ2n) is 11.2. The predicted octanol–water partition coefficient (Wildman–Crippen LogP) is 2.37. The van der Waals surface area contributed by atoms with Crippen LogP contribution in [0.4, 0.5) is 13.6 Å². The second-order valence-corrected chi connectivity index (χ2v) is 12.5. The SMILES string of the molecule is CC1=NO[C@@]2(CC[C@H](C)N3C[C@H]2n2cc(C(=O)NCc4ccc(F)cc4F)c(=O)c(OCOC(=O)OCCOP(=O)(O)O)c2C3=O)C1.